The Balaban J connectivity index is 0.000000246. The van der Waals surface area contributed by atoms with Crippen molar-refractivity contribution in [1.29, 1.82) is 0 Å². The highest BCUT2D eigenvalue weighted by molar-refractivity contribution is 7.54. The van der Waals surface area contributed by atoms with Crippen LogP contribution in [-0.2, 0) is 84.2 Å². The Hall–Kier alpha value is -2.29. The maximum Gasteiger partial charge on any atom is 0.469 e. The van der Waals surface area contributed by atoms with E-state index in [2.05, 4.69) is 60.0 Å². The van der Waals surface area contributed by atoms with Crippen molar-refractivity contribution in [2.24, 2.45) is 0 Å². The van der Waals surface area contributed by atoms with Crippen molar-refractivity contribution in [3.05, 3.63) is 106 Å². The lowest BCUT2D eigenvalue weighted by Gasteiger charge is -2.41. The number of methoxy groups -OCH3 is 1. The Bertz CT molecular complexity index is 1940. The molecule has 3 aliphatic rings. The van der Waals surface area contributed by atoms with Gasteiger partial charge in [-0.05, 0) is 56.7 Å². The van der Waals surface area contributed by atoms with E-state index in [0.29, 0.717) is 151 Å². The van der Waals surface area contributed by atoms with Gasteiger partial charge in [-0.15, -0.1) is 0 Å². The van der Waals surface area contributed by atoms with Crippen molar-refractivity contribution in [2.45, 2.75) is 40.0 Å². The Labute approximate surface area is 415 Å². The van der Waals surface area contributed by atoms with Crippen LogP contribution in [-0.4, -0.2) is 182 Å². The summed E-state index contributed by atoms with van der Waals surface area (Å²) in [5.74, 6) is 0. The molecule has 396 valence electrons. The molecule has 2 N–H and O–H groups in total. The second-order valence-corrected chi connectivity index (χ2v) is 22.1. The molecule has 0 aliphatic carbocycles. The molecule has 19 nitrogen and oxygen atoms in total. The van der Waals surface area contributed by atoms with E-state index in [-0.39, 0.29) is 13.2 Å². The molecule has 3 aliphatic heterocycles. The molecule has 6 rings (SSSR count). The summed E-state index contributed by atoms with van der Waals surface area (Å²) in [4.78, 5) is 16.9. The highest BCUT2D eigenvalue weighted by Gasteiger charge is 2.40. The van der Waals surface area contributed by atoms with E-state index >= 15 is 0 Å². The molecular formula is C48H78N3O16P3. The van der Waals surface area contributed by atoms with Gasteiger partial charge >= 0.3 is 23.2 Å². The fraction of sp³-hybridized carbons (Fsp3) is 0.625. The van der Waals surface area contributed by atoms with Crippen LogP contribution in [0.3, 0.4) is 0 Å². The zero-order valence-corrected chi connectivity index (χ0v) is 44.3. The van der Waals surface area contributed by atoms with E-state index in [9.17, 15) is 13.7 Å². The monoisotopic (exact) mass is 1050 g/mol. The summed E-state index contributed by atoms with van der Waals surface area (Å²) in [6.07, 6.45) is 1.94. The molecule has 0 aromatic heterocycles. The van der Waals surface area contributed by atoms with Gasteiger partial charge in [0.25, 0.3) is 0 Å². The van der Waals surface area contributed by atoms with Gasteiger partial charge < -0.3 is 47.5 Å². The third kappa shape index (κ3) is 24.6. The van der Waals surface area contributed by atoms with Gasteiger partial charge in [-0.2, -0.15) is 0 Å². The number of phosphoric acid groups is 1. The van der Waals surface area contributed by atoms with Crippen LogP contribution in [0.4, 0.5) is 0 Å². The Morgan fingerprint density at radius 1 is 0.429 bits per heavy atom. The summed E-state index contributed by atoms with van der Waals surface area (Å²) in [5.41, 5.74) is 6.95. The molecule has 3 aromatic rings. The maximum atomic E-state index is 13.7. The Kier molecular flexibility index (Phi) is 29.5. The van der Waals surface area contributed by atoms with Crippen LogP contribution in [0.2, 0.25) is 0 Å². The lowest BCUT2D eigenvalue weighted by molar-refractivity contribution is -0.00241. The molecule has 0 saturated carbocycles. The minimum Gasteiger partial charge on any atom is -0.382 e. The number of aryl methyl sites for hydroxylation is 3. The number of morpholine rings is 3. The highest BCUT2D eigenvalue weighted by atomic mass is 31.2. The van der Waals surface area contributed by atoms with Crippen molar-refractivity contribution in [1.82, 2.24) is 14.0 Å². The molecule has 3 fully saturated rings. The molecule has 3 saturated heterocycles. The standard InChI is InChI=1S/C22H38NO8P.C17H27N2O4P.C9H13O4P/c1-21-3-5-22(6-4-21)7-10-30-32(24,23-8-11-26-12-9-23)31-20-19-29-18-17-28-16-15-27-14-13-25-2;1-16-2-4-17(5-3-16)6-11-23-24(20,18-7-12-21-13-8-18)19-9-14-22-15-10-19;1-8-2-4-9(5-3-8)6-7-13-14(10,11)12/h3-6H,7-20H2,1-2H3;2-5H,6-15H2,1H3;2-5H,6-7H2,1H3,(H2,10,11,12). The van der Waals surface area contributed by atoms with Crippen molar-refractivity contribution in [3.8, 4) is 0 Å². The lowest BCUT2D eigenvalue weighted by atomic mass is 10.1. The average Bonchev–Trinajstić information content (AvgIpc) is 3.37. The first-order chi connectivity index (χ1) is 33.8. The summed E-state index contributed by atoms with van der Waals surface area (Å²) < 4.78 is 102. The highest BCUT2D eigenvalue weighted by Crippen LogP contribution is 2.55. The summed E-state index contributed by atoms with van der Waals surface area (Å²) in [6.45, 7) is 17.5. The largest absolute Gasteiger partial charge is 0.469 e. The molecule has 0 bridgehead atoms. The number of benzene rings is 3. The first kappa shape index (κ1) is 60.3. The van der Waals surface area contributed by atoms with Crippen molar-refractivity contribution in [2.75, 3.05) is 159 Å². The summed E-state index contributed by atoms with van der Waals surface area (Å²) >= 11 is 0. The van der Waals surface area contributed by atoms with E-state index in [4.69, 9.17) is 56.5 Å². The first-order valence-corrected chi connectivity index (χ1v) is 28.6. The Morgan fingerprint density at radius 2 is 0.743 bits per heavy atom. The van der Waals surface area contributed by atoms with Gasteiger partial charge in [0, 0.05) is 46.4 Å². The van der Waals surface area contributed by atoms with Crippen LogP contribution < -0.4 is 0 Å². The van der Waals surface area contributed by atoms with Gasteiger partial charge in [-0.1, -0.05) is 89.5 Å². The quantitative estimate of drug-likeness (QED) is 0.0575. The molecule has 1 atom stereocenters. The van der Waals surface area contributed by atoms with E-state index in [0.717, 1.165) is 23.1 Å². The van der Waals surface area contributed by atoms with Crippen LogP contribution in [0.1, 0.15) is 33.4 Å². The topological polar surface area (TPSA) is 203 Å². The predicted octanol–water partition coefficient (Wildman–Crippen LogP) is 6.68. The SMILES string of the molecule is COCCOCCOCCOCCOP(=O)(OCCc1ccc(C)cc1)N1CCOCC1.Cc1ccc(CCOP(=O)(N2CCOCC2)N2CCOCC2)cc1.Cc1ccc(CCOP(=O)(O)O)cc1. The number of hydrogen-bond acceptors (Lipinski definition) is 14. The summed E-state index contributed by atoms with van der Waals surface area (Å²) in [7, 11) is -9.09. The molecule has 0 radical (unpaired) electrons. The van der Waals surface area contributed by atoms with E-state index in [1.807, 2.05) is 47.5 Å². The predicted molar refractivity (Wildman–Crippen MR) is 267 cm³/mol. The molecular weight excluding hydrogens is 967 g/mol. The molecule has 0 amide bonds. The molecule has 3 heterocycles. The molecule has 0 spiro atoms. The number of rotatable bonds is 28. The zero-order chi connectivity index (χ0) is 50.3. The minimum atomic E-state index is -4.31. The summed E-state index contributed by atoms with van der Waals surface area (Å²) in [5, 5.41) is 0. The normalized spacial score (nSPS) is 17.2. The van der Waals surface area contributed by atoms with Crippen LogP contribution in [0.15, 0.2) is 72.8 Å². The van der Waals surface area contributed by atoms with Gasteiger partial charge in [0.2, 0.25) is 0 Å². The van der Waals surface area contributed by atoms with Gasteiger partial charge in [0.05, 0.1) is 112 Å². The smallest absolute Gasteiger partial charge is 0.382 e. The van der Waals surface area contributed by atoms with Gasteiger partial charge in [-0.25, -0.2) is 23.1 Å². The van der Waals surface area contributed by atoms with E-state index in [1.54, 1.807) is 11.8 Å². The number of phosphoric ester groups is 1. The third-order valence-electron chi connectivity index (χ3n) is 11.0. The van der Waals surface area contributed by atoms with Crippen LogP contribution >= 0.6 is 23.2 Å². The van der Waals surface area contributed by atoms with E-state index in [1.165, 1.54) is 16.7 Å². The zero-order valence-electron chi connectivity index (χ0n) is 41.6. The fourth-order valence-electron chi connectivity index (χ4n) is 6.96. The molecule has 22 heteroatoms. The summed E-state index contributed by atoms with van der Waals surface area (Å²) in [6, 6.07) is 24.4. The number of nitrogens with zero attached hydrogens (tertiary/aromatic N) is 3. The number of ether oxygens (including phenoxy) is 7. The Morgan fingerprint density at radius 3 is 1.11 bits per heavy atom. The van der Waals surface area contributed by atoms with Crippen molar-refractivity contribution >= 4 is 23.2 Å². The molecule has 1 unspecified atom stereocenters. The molecule has 3 aromatic carbocycles. The first-order valence-electron chi connectivity index (χ1n) is 24.0. The number of hydrogen-bond donors (Lipinski definition) is 2. The van der Waals surface area contributed by atoms with Crippen LogP contribution in [0.25, 0.3) is 0 Å². The van der Waals surface area contributed by atoms with Gasteiger partial charge in [0.1, 0.15) is 0 Å². The maximum absolute atomic E-state index is 13.7. The average molecular weight is 1050 g/mol. The van der Waals surface area contributed by atoms with Gasteiger partial charge in [0.15, 0.2) is 0 Å². The van der Waals surface area contributed by atoms with E-state index < -0.39 is 23.2 Å². The second-order valence-electron chi connectivity index (χ2n) is 16.5. The van der Waals surface area contributed by atoms with Crippen LogP contribution in [0, 0.1) is 20.8 Å². The van der Waals surface area contributed by atoms with Gasteiger partial charge in [-0.3, -0.25) is 18.1 Å². The lowest BCUT2D eigenvalue weighted by Crippen LogP contribution is -2.43. The van der Waals surface area contributed by atoms with Crippen molar-refractivity contribution < 1.29 is 74.7 Å². The third-order valence-corrected chi connectivity index (χ3v) is 16.4. The second kappa shape index (κ2) is 34.2. The fourth-order valence-corrected chi connectivity index (χ4v) is 11.3. The van der Waals surface area contributed by atoms with Crippen molar-refractivity contribution in [3.63, 3.8) is 0 Å². The van der Waals surface area contributed by atoms with Crippen LogP contribution in [0.5, 0.6) is 0 Å². The molecule has 70 heavy (non-hydrogen) atoms. The minimum absolute atomic E-state index is 0.0351.